The van der Waals surface area contributed by atoms with Gasteiger partial charge < -0.3 is 9.80 Å². The largest absolute Gasteiger partial charge is 0.339 e. The van der Waals surface area contributed by atoms with Crippen molar-refractivity contribution in [3.05, 3.63) is 35.1 Å². The predicted molar refractivity (Wildman–Crippen MR) is 82.9 cm³/mol. The first-order valence-electron chi connectivity index (χ1n) is 8.12. The lowest BCUT2D eigenvalue weighted by atomic mass is 10.0. The van der Waals surface area contributed by atoms with Gasteiger partial charge in [-0.2, -0.15) is 0 Å². The lowest BCUT2D eigenvalue weighted by Gasteiger charge is -2.36. The summed E-state index contributed by atoms with van der Waals surface area (Å²) in [5.41, 5.74) is -0.492. The van der Waals surface area contributed by atoms with Crippen molar-refractivity contribution in [3.8, 4) is 0 Å². The van der Waals surface area contributed by atoms with Crippen LogP contribution in [-0.2, 0) is 4.79 Å². The molecule has 1 aromatic carbocycles. The molecule has 0 radical (unpaired) electrons. The van der Waals surface area contributed by atoms with Crippen LogP contribution >= 0.6 is 0 Å². The van der Waals surface area contributed by atoms with Crippen molar-refractivity contribution in [1.82, 2.24) is 9.80 Å². The zero-order chi connectivity index (χ0) is 17.9. The second-order valence-electron chi connectivity index (χ2n) is 5.85. The molecule has 1 saturated heterocycles. The van der Waals surface area contributed by atoms with Crippen molar-refractivity contribution in [2.24, 2.45) is 5.92 Å². The second-order valence-corrected chi connectivity index (χ2v) is 5.85. The summed E-state index contributed by atoms with van der Waals surface area (Å²) >= 11 is 0. The third kappa shape index (κ3) is 3.55. The van der Waals surface area contributed by atoms with E-state index in [2.05, 4.69) is 0 Å². The van der Waals surface area contributed by atoms with Gasteiger partial charge in [-0.1, -0.05) is 13.8 Å². The highest BCUT2D eigenvalue weighted by Gasteiger charge is 2.29. The number of amides is 2. The molecule has 0 spiro atoms. The molecule has 132 valence electrons. The first-order chi connectivity index (χ1) is 11.4. The molecule has 0 unspecified atom stereocenters. The van der Waals surface area contributed by atoms with E-state index in [1.54, 1.807) is 4.90 Å². The van der Waals surface area contributed by atoms with Crippen LogP contribution in [0.4, 0.5) is 13.2 Å². The van der Waals surface area contributed by atoms with Gasteiger partial charge in [-0.25, -0.2) is 13.2 Å². The lowest BCUT2D eigenvalue weighted by molar-refractivity contribution is -0.137. The van der Waals surface area contributed by atoms with Crippen molar-refractivity contribution in [1.29, 1.82) is 0 Å². The van der Waals surface area contributed by atoms with Crippen LogP contribution in [0.3, 0.4) is 0 Å². The van der Waals surface area contributed by atoms with Gasteiger partial charge in [0.2, 0.25) is 5.91 Å². The predicted octanol–water partition coefficient (Wildman–Crippen LogP) is 2.82. The van der Waals surface area contributed by atoms with Crippen molar-refractivity contribution in [3.63, 3.8) is 0 Å². The molecule has 1 aliphatic rings. The Morgan fingerprint density at radius 3 is 2.04 bits per heavy atom. The molecule has 1 heterocycles. The van der Waals surface area contributed by atoms with Crippen LogP contribution in [0.1, 0.15) is 37.0 Å². The molecule has 24 heavy (non-hydrogen) atoms. The van der Waals surface area contributed by atoms with E-state index >= 15 is 0 Å². The Kier molecular flexibility index (Phi) is 5.85. The maximum atomic E-state index is 13.7. The highest BCUT2D eigenvalue weighted by molar-refractivity contribution is 5.94. The van der Waals surface area contributed by atoms with E-state index in [-0.39, 0.29) is 24.9 Å². The minimum atomic E-state index is -1.65. The first-order valence-corrected chi connectivity index (χ1v) is 8.12. The van der Waals surface area contributed by atoms with Gasteiger partial charge in [0.15, 0.2) is 17.5 Å². The molecule has 0 bridgehead atoms. The Hall–Kier alpha value is -2.05. The number of piperazine rings is 1. The SMILES string of the molecule is CCC(CC)C(=O)N1CCN(C(=O)c2ccc(F)c(F)c2F)CC1. The van der Waals surface area contributed by atoms with Crippen molar-refractivity contribution < 1.29 is 22.8 Å². The first kappa shape index (κ1) is 18.3. The van der Waals surface area contributed by atoms with Crippen molar-refractivity contribution in [2.75, 3.05) is 26.2 Å². The Morgan fingerprint density at radius 1 is 0.958 bits per heavy atom. The summed E-state index contributed by atoms with van der Waals surface area (Å²) in [7, 11) is 0. The summed E-state index contributed by atoms with van der Waals surface area (Å²) in [5, 5.41) is 0. The van der Waals surface area contributed by atoms with Crippen LogP contribution < -0.4 is 0 Å². The zero-order valence-electron chi connectivity index (χ0n) is 13.8. The van der Waals surface area contributed by atoms with Gasteiger partial charge in [0, 0.05) is 32.1 Å². The van der Waals surface area contributed by atoms with Crippen LogP contribution in [0.2, 0.25) is 0 Å². The molecule has 0 saturated carbocycles. The summed E-state index contributed by atoms with van der Waals surface area (Å²) in [5.74, 6) is -5.12. The van der Waals surface area contributed by atoms with Gasteiger partial charge in [-0.3, -0.25) is 9.59 Å². The van der Waals surface area contributed by atoms with E-state index in [1.165, 1.54) is 4.90 Å². The summed E-state index contributed by atoms with van der Waals surface area (Å²) in [6.45, 7) is 5.10. The van der Waals surface area contributed by atoms with E-state index < -0.39 is 28.9 Å². The van der Waals surface area contributed by atoms with E-state index in [0.717, 1.165) is 25.0 Å². The molecule has 7 heteroatoms. The zero-order valence-corrected chi connectivity index (χ0v) is 13.8. The van der Waals surface area contributed by atoms with Crippen LogP contribution in [0.5, 0.6) is 0 Å². The van der Waals surface area contributed by atoms with Gasteiger partial charge in [0.25, 0.3) is 5.91 Å². The minimum Gasteiger partial charge on any atom is -0.339 e. The van der Waals surface area contributed by atoms with Gasteiger partial charge in [0.05, 0.1) is 5.56 Å². The number of hydrogen-bond donors (Lipinski definition) is 0. The molecule has 1 aromatic rings. The number of rotatable bonds is 4. The summed E-state index contributed by atoms with van der Waals surface area (Å²) in [4.78, 5) is 27.7. The van der Waals surface area contributed by atoms with E-state index in [1.807, 2.05) is 13.8 Å². The van der Waals surface area contributed by atoms with Gasteiger partial charge in [0.1, 0.15) is 0 Å². The van der Waals surface area contributed by atoms with Gasteiger partial charge >= 0.3 is 0 Å². The fraction of sp³-hybridized carbons (Fsp3) is 0.529. The molecular formula is C17H21F3N2O2. The van der Waals surface area contributed by atoms with Gasteiger partial charge in [-0.15, -0.1) is 0 Å². The number of nitrogens with zero attached hydrogens (tertiary/aromatic N) is 2. The fourth-order valence-corrected chi connectivity index (χ4v) is 2.89. The molecule has 2 amide bonds. The molecule has 0 aliphatic carbocycles. The number of hydrogen-bond acceptors (Lipinski definition) is 2. The standard InChI is InChI=1S/C17H21F3N2O2/c1-3-11(4-2)16(23)21-7-9-22(10-8-21)17(24)12-5-6-13(18)15(20)14(12)19/h5-6,11H,3-4,7-10H2,1-2H3. The van der Waals surface area contributed by atoms with Crippen LogP contribution in [0, 0.1) is 23.4 Å². The van der Waals surface area contributed by atoms with Crippen LogP contribution in [0.15, 0.2) is 12.1 Å². The summed E-state index contributed by atoms with van der Waals surface area (Å²) in [6, 6.07) is 1.68. The fourth-order valence-electron chi connectivity index (χ4n) is 2.89. The Labute approximate surface area is 139 Å². The third-order valence-electron chi connectivity index (χ3n) is 4.48. The molecule has 1 aliphatic heterocycles. The number of halogens is 3. The maximum Gasteiger partial charge on any atom is 0.257 e. The Balaban J connectivity index is 2.03. The topological polar surface area (TPSA) is 40.6 Å². The Bertz CT molecular complexity index is 625. The van der Waals surface area contributed by atoms with E-state index in [9.17, 15) is 22.8 Å². The molecule has 0 aromatic heterocycles. The number of benzene rings is 1. The Morgan fingerprint density at radius 2 is 1.50 bits per heavy atom. The lowest BCUT2D eigenvalue weighted by Crippen LogP contribution is -2.52. The molecule has 0 N–H and O–H groups in total. The van der Waals surface area contributed by atoms with Crippen molar-refractivity contribution >= 4 is 11.8 Å². The number of carbonyl (C=O) groups is 2. The smallest absolute Gasteiger partial charge is 0.257 e. The van der Waals surface area contributed by atoms with Gasteiger partial charge in [-0.05, 0) is 25.0 Å². The third-order valence-corrected chi connectivity index (χ3v) is 4.48. The molecule has 4 nitrogen and oxygen atoms in total. The average molecular weight is 342 g/mol. The highest BCUT2D eigenvalue weighted by Crippen LogP contribution is 2.19. The monoisotopic (exact) mass is 342 g/mol. The second kappa shape index (κ2) is 7.68. The molecule has 0 atom stereocenters. The highest BCUT2D eigenvalue weighted by atomic mass is 19.2. The maximum absolute atomic E-state index is 13.7. The molecule has 1 fully saturated rings. The molecule has 2 rings (SSSR count). The van der Waals surface area contributed by atoms with E-state index in [4.69, 9.17) is 0 Å². The number of carbonyl (C=O) groups excluding carboxylic acids is 2. The quantitative estimate of drug-likeness (QED) is 0.790. The van der Waals surface area contributed by atoms with E-state index in [0.29, 0.717) is 13.1 Å². The van der Waals surface area contributed by atoms with Crippen LogP contribution in [-0.4, -0.2) is 47.8 Å². The van der Waals surface area contributed by atoms with Crippen LogP contribution in [0.25, 0.3) is 0 Å². The molecular weight excluding hydrogens is 321 g/mol. The minimum absolute atomic E-state index is 0.0316. The average Bonchev–Trinajstić information content (AvgIpc) is 2.60. The summed E-state index contributed by atoms with van der Waals surface area (Å²) in [6.07, 6.45) is 1.52. The normalized spacial score (nSPS) is 15.1. The van der Waals surface area contributed by atoms with Crippen molar-refractivity contribution in [2.45, 2.75) is 26.7 Å². The summed E-state index contributed by atoms with van der Waals surface area (Å²) < 4.78 is 40.0.